The minimum absolute atomic E-state index is 0.127. The first-order chi connectivity index (χ1) is 5.27. The molecule has 1 aliphatic carbocycles. The second-order valence-electron chi connectivity index (χ2n) is 4.45. The summed E-state index contributed by atoms with van der Waals surface area (Å²) < 4.78 is 37.0. The van der Waals surface area contributed by atoms with Gasteiger partial charge in [0.25, 0.3) is 0 Å². The van der Waals surface area contributed by atoms with Gasteiger partial charge in [-0.05, 0) is 24.7 Å². The molecule has 1 rings (SSSR count). The molecule has 0 aromatic heterocycles. The first-order valence-electron chi connectivity index (χ1n) is 4.34. The monoisotopic (exact) mass is 180 g/mol. The highest BCUT2D eigenvalue weighted by Crippen LogP contribution is 2.64. The first-order valence-corrected chi connectivity index (χ1v) is 4.34. The molecule has 0 heterocycles. The molecular formula is C9H15F3. The lowest BCUT2D eigenvalue weighted by atomic mass is 9.99. The van der Waals surface area contributed by atoms with Crippen LogP contribution in [-0.2, 0) is 0 Å². The molecule has 1 saturated carbocycles. The summed E-state index contributed by atoms with van der Waals surface area (Å²) in [5.41, 5.74) is -1.36. The van der Waals surface area contributed by atoms with Gasteiger partial charge in [0, 0.05) is 0 Å². The summed E-state index contributed by atoms with van der Waals surface area (Å²) in [6, 6.07) is 0. The zero-order valence-corrected chi connectivity index (χ0v) is 7.70. The first kappa shape index (κ1) is 9.87. The van der Waals surface area contributed by atoms with Crippen LogP contribution in [0.1, 0.15) is 33.6 Å². The van der Waals surface area contributed by atoms with E-state index in [1.807, 2.05) is 13.8 Å². The van der Waals surface area contributed by atoms with Crippen molar-refractivity contribution in [2.24, 2.45) is 17.3 Å². The van der Waals surface area contributed by atoms with Gasteiger partial charge >= 0.3 is 6.18 Å². The molecule has 0 aromatic carbocycles. The molecule has 0 amide bonds. The highest BCUT2D eigenvalue weighted by Gasteiger charge is 2.66. The van der Waals surface area contributed by atoms with E-state index in [0.717, 1.165) is 0 Å². The van der Waals surface area contributed by atoms with Crippen molar-refractivity contribution < 1.29 is 13.2 Å². The topological polar surface area (TPSA) is 0 Å². The average molecular weight is 180 g/mol. The van der Waals surface area contributed by atoms with Crippen LogP contribution in [0.2, 0.25) is 0 Å². The molecule has 72 valence electrons. The Morgan fingerprint density at radius 2 is 1.92 bits per heavy atom. The van der Waals surface area contributed by atoms with Crippen LogP contribution >= 0.6 is 0 Å². The minimum atomic E-state index is -3.99. The largest absolute Gasteiger partial charge is 0.394 e. The van der Waals surface area contributed by atoms with Crippen molar-refractivity contribution in [3.05, 3.63) is 0 Å². The number of hydrogen-bond acceptors (Lipinski definition) is 0. The summed E-state index contributed by atoms with van der Waals surface area (Å²) in [5.74, 6) is 0.247. The van der Waals surface area contributed by atoms with Crippen LogP contribution in [-0.4, -0.2) is 6.18 Å². The third kappa shape index (κ3) is 1.59. The zero-order valence-electron chi connectivity index (χ0n) is 7.70. The Hall–Kier alpha value is -0.210. The molecule has 0 saturated heterocycles. The summed E-state index contributed by atoms with van der Waals surface area (Å²) in [5, 5.41) is 0. The highest BCUT2D eigenvalue weighted by atomic mass is 19.4. The van der Waals surface area contributed by atoms with Gasteiger partial charge < -0.3 is 0 Å². The van der Waals surface area contributed by atoms with Crippen LogP contribution < -0.4 is 0 Å². The number of halogens is 3. The van der Waals surface area contributed by atoms with Crippen molar-refractivity contribution in [1.29, 1.82) is 0 Å². The molecule has 0 aromatic rings. The molecule has 0 N–H and O–H groups in total. The fourth-order valence-electron chi connectivity index (χ4n) is 1.71. The van der Waals surface area contributed by atoms with E-state index < -0.39 is 11.6 Å². The van der Waals surface area contributed by atoms with Crippen molar-refractivity contribution in [1.82, 2.24) is 0 Å². The third-order valence-electron chi connectivity index (χ3n) is 2.81. The molecule has 1 aliphatic rings. The van der Waals surface area contributed by atoms with E-state index in [4.69, 9.17) is 0 Å². The Morgan fingerprint density at radius 3 is 2.17 bits per heavy atom. The maximum Gasteiger partial charge on any atom is 0.394 e. The molecule has 3 heteroatoms. The molecule has 0 nitrogen and oxygen atoms in total. The second kappa shape index (κ2) is 2.64. The number of alkyl halides is 3. The van der Waals surface area contributed by atoms with E-state index >= 15 is 0 Å². The molecule has 2 atom stereocenters. The van der Waals surface area contributed by atoms with Crippen LogP contribution in [0.25, 0.3) is 0 Å². The van der Waals surface area contributed by atoms with Gasteiger partial charge in [0.05, 0.1) is 5.41 Å². The lowest BCUT2D eigenvalue weighted by Gasteiger charge is -2.16. The molecule has 0 aliphatic heterocycles. The van der Waals surface area contributed by atoms with Gasteiger partial charge in [-0.3, -0.25) is 0 Å². The molecule has 0 bridgehead atoms. The minimum Gasteiger partial charge on any atom is -0.171 e. The molecular weight excluding hydrogens is 165 g/mol. The van der Waals surface area contributed by atoms with Crippen LogP contribution in [0.5, 0.6) is 0 Å². The predicted molar refractivity (Wildman–Crippen MR) is 41.7 cm³/mol. The molecule has 1 fully saturated rings. The van der Waals surface area contributed by atoms with Gasteiger partial charge in [-0.1, -0.05) is 20.8 Å². The molecule has 0 radical (unpaired) electrons. The van der Waals surface area contributed by atoms with Crippen LogP contribution in [0, 0.1) is 17.3 Å². The summed E-state index contributed by atoms with van der Waals surface area (Å²) in [6.07, 6.45) is -2.96. The molecule has 0 spiro atoms. The van der Waals surface area contributed by atoms with Crippen LogP contribution in [0.15, 0.2) is 0 Å². The van der Waals surface area contributed by atoms with Gasteiger partial charge in [0.1, 0.15) is 0 Å². The fourth-order valence-corrected chi connectivity index (χ4v) is 1.71. The number of hydrogen-bond donors (Lipinski definition) is 0. The maximum atomic E-state index is 12.3. The Bertz CT molecular complexity index is 171. The Labute approximate surface area is 71.1 Å². The van der Waals surface area contributed by atoms with Crippen LogP contribution in [0.4, 0.5) is 13.2 Å². The van der Waals surface area contributed by atoms with E-state index in [9.17, 15) is 13.2 Å². The summed E-state index contributed by atoms with van der Waals surface area (Å²) in [6.45, 7) is 5.27. The summed E-state index contributed by atoms with van der Waals surface area (Å²) in [7, 11) is 0. The van der Waals surface area contributed by atoms with Crippen molar-refractivity contribution in [3.8, 4) is 0 Å². The lowest BCUT2D eigenvalue weighted by Crippen LogP contribution is -2.23. The second-order valence-corrected chi connectivity index (χ2v) is 4.45. The predicted octanol–water partition coefficient (Wildman–Crippen LogP) is 3.62. The number of rotatable bonds is 2. The smallest absolute Gasteiger partial charge is 0.171 e. The van der Waals surface area contributed by atoms with E-state index in [2.05, 4.69) is 0 Å². The molecule has 12 heavy (non-hydrogen) atoms. The van der Waals surface area contributed by atoms with E-state index in [0.29, 0.717) is 18.8 Å². The van der Waals surface area contributed by atoms with Gasteiger partial charge in [-0.15, -0.1) is 0 Å². The SMILES string of the molecule is CC(C)CC1CC1(C)C(F)(F)F. The Kier molecular flexibility index (Phi) is 2.17. The third-order valence-corrected chi connectivity index (χ3v) is 2.81. The standard InChI is InChI=1S/C9H15F3/c1-6(2)4-7-5-8(7,3)9(10,11)12/h6-7H,4-5H2,1-3H3. The average Bonchev–Trinajstić information content (AvgIpc) is 2.39. The van der Waals surface area contributed by atoms with Gasteiger partial charge in [-0.25, -0.2) is 0 Å². The van der Waals surface area contributed by atoms with E-state index in [-0.39, 0.29) is 5.92 Å². The van der Waals surface area contributed by atoms with Crippen molar-refractivity contribution in [2.75, 3.05) is 0 Å². The van der Waals surface area contributed by atoms with Crippen molar-refractivity contribution >= 4 is 0 Å². The maximum absolute atomic E-state index is 12.3. The van der Waals surface area contributed by atoms with Crippen molar-refractivity contribution in [3.63, 3.8) is 0 Å². The normalized spacial score (nSPS) is 35.8. The summed E-state index contributed by atoms with van der Waals surface area (Å²) >= 11 is 0. The molecule has 2 unspecified atom stereocenters. The highest BCUT2D eigenvalue weighted by molar-refractivity contribution is 5.03. The van der Waals surface area contributed by atoms with Crippen LogP contribution in [0.3, 0.4) is 0 Å². The lowest BCUT2D eigenvalue weighted by molar-refractivity contribution is -0.186. The Balaban J connectivity index is 2.49. The summed E-state index contributed by atoms with van der Waals surface area (Å²) in [4.78, 5) is 0. The van der Waals surface area contributed by atoms with Gasteiger partial charge in [0.15, 0.2) is 0 Å². The quantitative estimate of drug-likeness (QED) is 0.608. The van der Waals surface area contributed by atoms with E-state index in [1.165, 1.54) is 6.92 Å². The van der Waals surface area contributed by atoms with Crippen molar-refractivity contribution in [2.45, 2.75) is 39.8 Å². The fraction of sp³-hybridized carbons (Fsp3) is 1.00. The Morgan fingerprint density at radius 1 is 1.42 bits per heavy atom. The van der Waals surface area contributed by atoms with Gasteiger partial charge in [0.2, 0.25) is 0 Å². The van der Waals surface area contributed by atoms with Gasteiger partial charge in [-0.2, -0.15) is 13.2 Å². The van der Waals surface area contributed by atoms with E-state index in [1.54, 1.807) is 0 Å². The zero-order chi connectivity index (χ0) is 9.57.